The number of hydrogen-bond acceptors (Lipinski definition) is 4. The lowest BCUT2D eigenvalue weighted by atomic mass is 10.0. The van der Waals surface area contributed by atoms with Gasteiger partial charge in [0.05, 0.1) is 12.2 Å². The molecule has 92 valence electrons. The molecule has 2 N–H and O–H groups in total. The van der Waals surface area contributed by atoms with E-state index in [0.29, 0.717) is 32.2 Å². The van der Waals surface area contributed by atoms with E-state index in [2.05, 4.69) is 12.2 Å². The summed E-state index contributed by atoms with van der Waals surface area (Å²) in [6.07, 6.45) is 1.63. The molecular weight excluding hydrogens is 194 g/mol. The highest BCUT2D eigenvalue weighted by Gasteiger charge is 2.20. The molecule has 0 aliphatic heterocycles. The summed E-state index contributed by atoms with van der Waals surface area (Å²) in [4.78, 5) is 0. The zero-order chi connectivity index (χ0) is 11.7. The SMILES string of the molecule is CCC(COC)NCC(C)(O)CCOC. The minimum atomic E-state index is -0.711. The topological polar surface area (TPSA) is 50.7 Å². The Morgan fingerprint density at radius 2 is 2.00 bits per heavy atom. The van der Waals surface area contributed by atoms with Crippen molar-refractivity contribution in [3.8, 4) is 0 Å². The van der Waals surface area contributed by atoms with Crippen LogP contribution in [0.3, 0.4) is 0 Å². The van der Waals surface area contributed by atoms with Gasteiger partial charge >= 0.3 is 0 Å². The fourth-order valence-electron chi connectivity index (χ4n) is 1.30. The first kappa shape index (κ1) is 14.8. The molecule has 2 atom stereocenters. The van der Waals surface area contributed by atoms with E-state index in [1.165, 1.54) is 0 Å². The molecule has 4 heteroatoms. The van der Waals surface area contributed by atoms with Crippen LogP contribution in [0.25, 0.3) is 0 Å². The molecule has 0 aromatic carbocycles. The van der Waals surface area contributed by atoms with Crippen LogP contribution in [0.5, 0.6) is 0 Å². The average molecular weight is 219 g/mol. The number of hydrogen-bond donors (Lipinski definition) is 2. The maximum atomic E-state index is 9.97. The summed E-state index contributed by atoms with van der Waals surface area (Å²) in [5.41, 5.74) is -0.711. The van der Waals surface area contributed by atoms with Gasteiger partial charge in [0.2, 0.25) is 0 Å². The molecule has 0 spiro atoms. The van der Waals surface area contributed by atoms with Gasteiger partial charge in [0.1, 0.15) is 0 Å². The van der Waals surface area contributed by atoms with Gasteiger partial charge in [-0.2, -0.15) is 0 Å². The Morgan fingerprint density at radius 3 is 2.47 bits per heavy atom. The molecule has 0 saturated carbocycles. The molecule has 0 bridgehead atoms. The maximum absolute atomic E-state index is 9.97. The van der Waals surface area contributed by atoms with Crippen molar-refractivity contribution in [2.75, 3.05) is 34.0 Å². The molecule has 0 amide bonds. The fourth-order valence-corrected chi connectivity index (χ4v) is 1.30. The van der Waals surface area contributed by atoms with E-state index >= 15 is 0 Å². The highest BCUT2D eigenvalue weighted by Crippen LogP contribution is 2.08. The Labute approximate surface area is 93.0 Å². The van der Waals surface area contributed by atoms with Crippen molar-refractivity contribution in [1.82, 2.24) is 5.32 Å². The van der Waals surface area contributed by atoms with E-state index in [0.717, 1.165) is 6.42 Å². The standard InChI is InChI=1S/C11H25NO3/c1-5-10(8-15-4)12-9-11(2,13)6-7-14-3/h10,12-13H,5-9H2,1-4H3. The Hall–Kier alpha value is -0.160. The van der Waals surface area contributed by atoms with E-state index in [1.54, 1.807) is 14.2 Å². The van der Waals surface area contributed by atoms with Gasteiger partial charge in [-0.1, -0.05) is 6.92 Å². The monoisotopic (exact) mass is 219 g/mol. The lowest BCUT2D eigenvalue weighted by Crippen LogP contribution is -2.44. The van der Waals surface area contributed by atoms with Crippen molar-refractivity contribution in [3.05, 3.63) is 0 Å². The Morgan fingerprint density at radius 1 is 1.33 bits per heavy atom. The first-order chi connectivity index (χ1) is 7.05. The maximum Gasteiger partial charge on any atom is 0.0765 e. The molecule has 0 rings (SSSR count). The van der Waals surface area contributed by atoms with E-state index in [9.17, 15) is 5.11 Å². The summed E-state index contributed by atoms with van der Waals surface area (Å²) in [7, 11) is 3.33. The van der Waals surface area contributed by atoms with Crippen molar-refractivity contribution >= 4 is 0 Å². The van der Waals surface area contributed by atoms with Crippen LogP contribution in [0.2, 0.25) is 0 Å². The molecule has 2 unspecified atom stereocenters. The van der Waals surface area contributed by atoms with Gasteiger partial charge < -0.3 is 19.9 Å². The van der Waals surface area contributed by atoms with E-state index < -0.39 is 5.60 Å². The van der Waals surface area contributed by atoms with Gasteiger partial charge in [-0.25, -0.2) is 0 Å². The predicted molar refractivity (Wildman–Crippen MR) is 61.1 cm³/mol. The Balaban J connectivity index is 3.78. The smallest absolute Gasteiger partial charge is 0.0765 e. The Kier molecular flexibility index (Phi) is 7.96. The molecule has 4 nitrogen and oxygen atoms in total. The van der Waals surface area contributed by atoms with Gasteiger partial charge in [0, 0.05) is 39.8 Å². The molecule has 15 heavy (non-hydrogen) atoms. The average Bonchev–Trinajstić information content (AvgIpc) is 2.21. The van der Waals surface area contributed by atoms with Crippen molar-refractivity contribution < 1.29 is 14.6 Å². The van der Waals surface area contributed by atoms with Crippen LogP contribution in [-0.2, 0) is 9.47 Å². The zero-order valence-electron chi connectivity index (χ0n) is 10.4. The highest BCUT2D eigenvalue weighted by atomic mass is 16.5. The summed E-state index contributed by atoms with van der Waals surface area (Å²) >= 11 is 0. The van der Waals surface area contributed by atoms with Crippen LogP contribution in [0.4, 0.5) is 0 Å². The third-order valence-electron chi connectivity index (χ3n) is 2.48. The molecule has 0 fully saturated rings. The summed E-state index contributed by atoms with van der Waals surface area (Å²) in [6, 6.07) is 0.309. The van der Waals surface area contributed by atoms with Gasteiger partial charge in [-0.05, 0) is 13.3 Å². The van der Waals surface area contributed by atoms with Gasteiger partial charge in [-0.15, -0.1) is 0 Å². The molecule has 0 aliphatic rings. The van der Waals surface area contributed by atoms with Gasteiger partial charge in [0.15, 0.2) is 0 Å². The van der Waals surface area contributed by atoms with Crippen molar-refractivity contribution in [1.29, 1.82) is 0 Å². The summed E-state index contributed by atoms with van der Waals surface area (Å²) < 4.78 is 10.0. The molecule has 0 aromatic rings. The lowest BCUT2D eigenvalue weighted by molar-refractivity contribution is 0.0199. The van der Waals surface area contributed by atoms with Crippen molar-refractivity contribution in [3.63, 3.8) is 0 Å². The zero-order valence-corrected chi connectivity index (χ0v) is 10.4. The van der Waals surface area contributed by atoms with Crippen LogP contribution < -0.4 is 5.32 Å². The van der Waals surface area contributed by atoms with E-state index in [4.69, 9.17) is 9.47 Å². The fraction of sp³-hybridized carbons (Fsp3) is 1.00. The summed E-state index contributed by atoms with van der Waals surface area (Å²) in [6.45, 7) is 5.74. The minimum absolute atomic E-state index is 0.309. The van der Waals surface area contributed by atoms with Gasteiger partial charge in [0.25, 0.3) is 0 Å². The normalized spacial score (nSPS) is 17.4. The van der Waals surface area contributed by atoms with Crippen LogP contribution in [0.1, 0.15) is 26.7 Å². The van der Waals surface area contributed by atoms with Crippen LogP contribution in [0, 0.1) is 0 Å². The lowest BCUT2D eigenvalue weighted by Gasteiger charge is -2.26. The third-order valence-corrected chi connectivity index (χ3v) is 2.48. The predicted octanol–water partition coefficient (Wildman–Crippen LogP) is 0.788. The quantitative estimate of drug-likeness (QED) is 0.602. The van der Waals surface area contributed by atoms with Gasteiger partial charge in [-0.3, -0.25) is 0 Å². The van der Waals surface area contributed by atoms with Crippen molar-refractivity contribution in [2.45, 2.75) is 38.3 Å². The van der Waals surface area contributed by atoms with Crippen molar-refractivity contribution in [2.24, 2.45) is 0 Å². The molecule has 0 saturated heterocycles. The summed E-state index contributed by atoms with van der Waals surface area (Å²) in [5.74, 6) is 0. The molecule has 0 aromatic heterocycles. The molecule has 0 radical (unpaired) electrons. The van der Waals surface area contributed by atoms with E-state index in [1.807, 2.05) is 6.92 Å². The van der Waals surface area contributed by atoms with Crippen LogP contribution in [0.15, 0.2) is 0 Å². The second-order valence-corrected chi connectivity index (χ2v) is 4.18. The highest BCUT2D eigenvalue weighted by molar-refractivity contribution is 4.77. The van der Waals surface area contributed by atoms with E-state index in [-0.39, 0.29) is 0 Å². The second-order valence-electron chi connectivity index (χ2n) is 4.18. The largest absolute Gasteiger partial charge is 0.389 e. The number of nitrogens with one attached hydrogen (secondary N) is 1. The number of ether oxygens (including phenoxy) is 2. The first-order valence-corrected chi connectivity index (χ1v) is 5.49. The molecule has 0 heterocycles. The first-order valence-electron chi connectivity index (χ1n) is 5.49. The number of aliphatic hydroxyl groups is 1. The van der Waals surface area contributed by atoms with Crippen LogP contribution in [-0.4, -0.2) is 50.7 Å². The molecular formula is C11H25NO3. The Bertz CT molecular complexity index is 151. The van der Waals surface area contributed by atoms with Crippen LogP contribution >= 0.6 is 0 Å². The summed E-state index contributed by atoms with van der Waals surface area (Å²) in [5, 5.41) is 13.3. The minimum Gasteiger partial charge on any atom is -0.389 e. The number of rotatable bonds is 9. The molecule has 0 aliphatic carbocycles. The second kappa shape index (κ2) is 8.05. The third kappa shape index (κ3) is 7.73. The number of methoxy groups -OCH3 is 2.